The van der Waals surface area contributed by atoms with Crippen molar-refractivity contribution in [1.29, 1.82) is 0 Å². The molecule has 2 nitrogen and oxygen atoms in total. The Bertz CT molecular complexity index is 160. The van der Waals surface area contributed by atoms with Gasteiger partial charge in [0.25, 0.3) is 0 Å². The average molecular weight is 199 g/mol. The van der Waals surface area contributed by atoms with Crippen LogP contribution in [0.2, 0.25) is 0 Å². The van der Waals surface area contributed by atoms with Gasteiger partial charge >= 0.3 is 0 Å². The summed E-state index contributed by atoms with van der Waals surface area (Å²) in [6, 6.07) is 0. The quantitative estimate of drug-likeness (QED) is 0.625. The summed E-state index contributed by atoms with van der Waals surface area (Å²) >= 11 is 0. The van der Waals surface area contributed by atoms with E-state index in [0.29, 0.717) is 11.5 Å². The molecular weight excluding hydrogens is 174 g/mol. The monoisotopic (exact) mass is 199 g/mol. The van der Waals surface area contributed by atoms with Crippen molar-refractivity contribution in [2.45, 2.75) is 46.6 Å². The van der Waals surface area contributed by atoms with Gasteiger partial charge < -0.3 is 9.64 Å². The van der Waals surface area contributed by atoms with E-state index < -0.39 is 0 Å². The van der Waals surface area contributed by atoms with Crippen LogP contribution >= 0.6 is 0 Å². The van der Waals surface area contributed by atoms with Crippen LogP contribution in [0.15, 0.2) is 0 Å². The van der Waals surface area contributed by atoms with Gasteiger partial charge in [-0.05, 0) is 39.8 Å². The number of rotatable bonds is 7. The topological polar surface area (TPSA) is 12.5 Å². The fraction of sp³-hybridized carbons (Fsp3) is 1.00. The highest BCUT2D eigenvalue weighted by Crippen LogP contribution is 2.46. The number of nitrogens with zero attached hydrogens (tertiary/aromatic N) is 1. The van der Waals surface area contributed by atoms with Crippen molar-refractivity contribution < 1.29 is 4.74 Å². The van der Waals surface area contributed by atoms with Gasteiger partial charge in [-0.2, -0.15) is 0 Å². The summed E-state index contributed by atoms with van der Waals surface area (Å²) in [6.45, 7) is 13.2. The van der Waals surface area contributed by atoms with Crippen LogP contribution in [0.25, 0.3) is 0 Å². The molecule has 2 heteroatoms. The van der Waals surface area contributed by atoms with Crippen LogP contribution in [0.4, 0.5) is 0 Å². The van der Waals surface area contributed by atoms with Crippen molar-refractivity contribution >= 4 is 0 Å². The zero-order chi connectivity index (χ0) is 10.6. The van der Waals surface area contributed by atoms with Crippen molar-refractivity contribution in [2.24, 2.45) is 5.41 Å². The molecule has 1 saturated carbocycles. The molecule has 0 bridgehead atoms. The molecule has 0 radical (unpaired) electrons. The second kappa shape index (κ2) is 5.13. The summed E-state index contributed by atoms with van der Waals surface area (Å²) in [6.07, 6.45) is 3.09. The van der Waals surface area contributed by atoms with Gasteiger partial charge in [0.1, 0.15) is 0 Å². The van der Waals surface area contributed by atoms with Crippen LogP contribution in [0.1, 0.15) is 40.5 Å². The number of hydrogen-bond donors (Lipinski definition) is 0. The molecule has 0 unspecified atom stereocenters. The van der Waals surface area contributed by atoms with E-state index in [1.54, 1.807) is 0 Å². The van der Waals surface area contributed by atoms with Crippen LogP contribution in [0.3, 0.4) is 0 Å². The molecule has 1 rings (SSSR count). The fourth-order valence-electron chi connectivity index (χ4n) is 1.79. The zero-order valence-corrected chi connectivity index (χ0v) is 10.2. The molecule has 1 aliphatic rings. The molecule has 0 aromatic heterocycles. The standard InChI is InChI=1S/C12H25NO/c1-5-13(6-2)9-12(7-8-12)10-14-11(3)4/h11H,5-10H2,1-4H3. The molecule has 0 saturated heterocycles. The van der Waals surface area contributed by atoms with E-state index in [0.717, 1.165) is 6.61 Å². The van der Waals surface area contributed by atoms with Crippen LogP contribution in [0.5, 0.6) is 0 Å². The van der Waals surface area contributed by atoms with E-state index >= 15 is 0 Å². The Morgan fingerprint density at radius 3 is 2.14 bits per heavy atom. The van der Waals surface area contributed by atoms with Crippen LogP contribution < -0.4 is 0 Å². The molecule has 0 N–H and O–H groups in total. The van der Waals surface area contributed by atoms with E-state index in [2.05, 4.69) is 32.6 Å². The molecule has 0 heterocycles. The van der Waals surface area contributed by atoms with Gasteiger partial charge in [0.2, 0.25) is 0 Å². The van der Waals surface area contributed by atoms with Gasteiger partial charge in [-0.1, -0.05) is 13.8 Å². The highest BCUT2D eigenvalue weighted by atomic mass is 16.5. The molecule has 0 atom stereocenters. The maximum atomic E-state index is 5.73. The predicted molar refractivity (Wildman–Crippen MR) is 60.5 cm³/mol. The molecule has 0 spiro atoms. The average Bonchev–Trinajstić information content (AvgIpc) is 2.92. The third-order valence-electron chi connectivity index (χ3n) is 3.13. The zero-order valence-electron chi connectivity index (χ0n) is 10.2. The highest BCUT2D eigenvalue weighted by molar-refractivity contribution is 4.95. The number of hydrogen-bond acceptors (Lipinski definition) is 2. The van der Waals surface area contributed by atoms with Crippen molar-refractivity contribution in [1.82, 2.24) is 4.90 Å². The van der Waals surface area contributed by atoms with Crippen molar-refractivity contribution in [3.8, 4) is 0 Å². The lowest BCUT2D eigenvalue weighted by molar-refractivity contribution is 0.0321. The van der Waals surface area contributed by atoms with Gasteiger partial charge in [0, 0.05) is 12.0 Å². The highest BCUT2D eigenvalue weighted by Gasteiger charge is 2.43. The molecule has 1 fully saturated rings. The lowest BCUT2D eigenvalue weighted by Gasteiger charge is -2.25. The summed E-state index contributed by atoms with van der Waals surface area (Å²) in [5.41, 5.74) is 0.510. The molecule has 1 aliphatic carbocycles. The fourth-order valence-corrected chi connectivity index (χ4v) is 1.79. The Labute approximate surface area is 88.6 Å². The molecular formula is C12H25NO. The Hall–Kier alpha value is -0.0800. The molecule has 0 aliphatic heterocycles. The maximum Gasteiger partial charge on any atom is 0.0538 e. The predicted octanol–water partition coefficient (Wildman–Crippen LogP) is 2.53. The maximum absolute atomic E-state index is 5.73. The molecule has 0 amide bonds. The minimum atomic E-state index is 0.379. The van der Waals surface area contributed by atoms with Crippen molar-refractivity contribution in [2.75, 3.05) is 26.2 Å². The largest absolute Gasteiger partial charge is 0.378 e. The van der Waals surface area contributed by atoms with E-state index in [1.807, 2.05) is 0 Å². The Morgan fingerprint density at radius 2 is 1.79 bits per heavy atom. The smallest absolute Gasteiger partial charge is 0.0538 e. The van der Waals surface area contributed by atoms with E-state index in [4.69, 9.17) is 4.74 Å². The van der Waals surface area contributed by atoms with Crippen LogP contribution in [0, 0.1) is 5.41 Å². The first kappa shape index (κ1) is 12.0. The van der Waals surface area contributed by atoms with Crippen molar-refractivity contribution in [3.63, 3.8) is 0 Å². The summed E-state index contributed by atoms with van der Waals surface area (Å²) in [5, 5.41) is 0. The van der Waals surface area contributed by atoms with Crippen LogP contribution in [-0.4, -0.2) is 37.2 Å². The van der Waals surface area contributed by atoms with E-state index in [9.17, 15) is 0 Å². The third kappa shape index (κ3) is 3.58. The van der Waals surface area contributed by atoms with Gasteiger partial charge in [0.05, 0.1) is 12.7 Å². The summed E-state index contributed by atoms with van der Waals surface area (Å²) < 4.78 is 5.73. The second-order valence-corrected chi connectivity index (χ2v) is 4.82. The van der Waals surface area contributed by atoms with Gasteiger partial charge in [-0.15, -0.1) is 0 Å². The lowest BCUT2D eigenvalue weighted by atomic mass is 10.1. The molecule has 84 valence electrons. The molecule has 0 aromatic carbocycles. The Balaban J connectivity index is 2.27. The van der Waals surface area contributed by atoms with E-state index in [-0.39, 0.29) is 0 Å². The minimum Gasteiger partial charge on any atom is -0.378 e. The second-order valence-electron chi connectivity index (χ2n) is 4.82. The molecule has 0 aromatic rings. The molecule has 14 heavy (non-hydrogen) atoms. The van der Waals surface area contributed by atoms with E-state index in [1.165, 1.54) is 32.5 Å². The Morgan fingerprint density at radius 1 is 1.21 bits per heavy atom. The first-order chi connectivity index (χ1) is 6.62. The van der Waals surface area contributed by atoms with Gasteiger partial charge in [-0.25, -0.2) is 0 Å². The Kier molecular flexibility index (Phi) is 4.39. The van der Waals surface area contributed by atoms with Crippen LogP contribution in [-0.2, 0) is 4.74 Å². The number of ether oxygens (including phenoxy) is 1. The lowest BCUT2D eigenvalue weighted by Crippen LogP contribution is -2.33. The van der Waals surface area contributed by atoms with Gasteiger partial charge in [-0.3, -0.25) is 0 Å². The minimum absolute atomic E-state index is 0.379. The summed E-state index contributed by atoms with van der Waals surface area (Å²) in [5.74, 6) is 0. The first-order valence-electron chi connectivity index (χ1n) is 5.96. The summed E-state index contributed by atoms with van der Waals surface area (Å²) in [7, 11) is 0. The summed E-state index contributed by atoms with van der Waals surface area (Å²) in [4.78, 5) is 2.51. The van der Waals surface area contributed by atoms with Crippen molar-refractivity contribution in [3.05, 3.63) is 0 Å². The normalized spacial score (nSPS) is 19.3. The SMILES string of the molecule is CCN(CC)CC1(COC(C)C)CC1. The van der Waals surface area contributed by atoms with Gasteiger partial charge in [0.15, 0.2) is 0 Å². The third-order valence-corrected chi connectivity index (χ3v) is 3.13. The first-order valence-corrected chi connectivity index (χ1v) is 5.96.